The molecule has 1 aliphatic heterocycles. The van der Waals surface area contributed by atoms with Gasteiger partial charge in [-0.3, -0.25) is 28.9 Å². The van der Waals surface area contributed by atoms with E-state index >= 15 is 0 Å². The Labute approximate surface area is 278 Å². The molecule has 6 atom stereocenters. The summed E-state index contributed by atoms with van der Waals surface area (Å²) in [5, 5.41) is 19.2. The van der Waals surface area contributed by atoms with Crippen molar-refractivity contribution in [2.45, 2.75) is 49.9 Å². The highest BCUT2D eigenvalue weighted by Crippen LogP contribution is 2.63. The van der Waals surface area contributed by atoms with Gasteiger partial charge in [-0.15, -0.1) is 0 Å². The Bertz CT molecular complexity index is 1850. The van der Waals surface area contributed by atoms with Gasteiger partial charge in [0.05, 0.1) is 17.3 Å². The van der Waals surface area contributed by atoms with Crippen LogP contribution in [-0.2, 0) is 29.4 Å². The van der Waals surface area contributed by atoms with Crippen molar-refractivity contribution in [1.29, 1.82) is 0 Å². The van der Waals surface area contributed by atoms with Crippen LogP contribution in [0.15, 0.2) is 103 Å². The summed E-state index contributed by atoms with van der Waals surface area (Å²) in [7, 11) is 0. The summed E-state index contributed by atoms with van der Waals surface area (Å²) in [6.45, 7) is 0.226. The van der Waals surface area contributed by atoms with Gasteiger partial charge in [0.25, 0.3) is 0 Å². The third kappa shape index (κ3) is 5.02. The van der Waals surface area contributed by atoms with Crippen molar-refractivity contribution in [1.82, 2.24) is 4.90 Å². The number of benzene rings is 3. The number of rotatable bonds is 9. The standard InChI is InChI=1S/C40H37NO7/c42-27-17-15-25(16-18-27)36-28-19-20-29-35(39(48)41(38(29)47)21-9-3-8-14-34(44)45)31(28)22-32-37(46)30(24-10-4-1-5-11-24)23-33(43)40(32,36)26-12-6-2-7-13-26/h1-2,4-7,10-13,15-19,23,29,31-32,35-36,42H,3,8-9,14,20-22H2,(H,44,45). The average molecular weight is 644 g/mol. The van der Waals surface area contributed by atoms with Crippen LogP contribution in [0.1, 0.15) is 61.1 Å². The van der Waals surface area contributed by atoms with Crippen LogP contribution in [0.4, 0.5) is 0 Å². The minimum atomic E-state index is -1.31. The number of carboxylic acid groups (broad SMARTS) is 1. The number of nitrogens with zero attached hydrogens (tertiary/aromatic N) is 1. The molecule has 3 aliphatic carbocycles. The predicted octanol–water partition coefficient (Wildman–Crippen LogP) is 5.86. The zero-order valence-electron chi connectivity index (χ0n) is 26.5. The molecule has 3 aromatic carbocycles. The Morgan fingerprint density at radius 2 is 1.50 bits per heavy atom. The van der Waals surface area contributed by atoms with Gasteiger partial charge in [-0.1, -0.05) is 90.9 Å². The van der Waals surface area contributed by atoms with Gasteiger partial charge in [0.15, 0.2) is 11.6 Å². The fourth-order valence-electron chi connectivity index (χ4n) is 8.92. The van der Waals surface area contributed by atoms with Crippen molar-refractivity contribution in [2.75, 3.05) is 6.54 Å². The van der Waals surface area contributed by atoms with E-state index in [1.165, 1.54) is 11.0 Å². The van der Waals surface area contributed by atoms with Gasteiger partial charge in [0.2, 0.25) is 11.8 Å². The highest BCUT2D eigenvalue weighted by Gasteiger charge is 2.65. The number of Topliss-reactive ketones (excluding diaryl/α,β-unsaturated/α-hetero) is 1. The first-order chi connectivity index (χ1) is 23.2. The SMILES string of the molecule is O=C(O)CCCCCN1C(=O)C2CC=C3C(CC4C(=O)C(c5ccccc5)=CC(=O)C4(c4ccccc4)C3c3ccc(O)cc3)C2C1=O. The molecule has 4 aliphatic rings. The van der Waals surface area contributed by atoms with Crippen molar-refractivity contribution in [3.63, 3.8) is 0 Å². The first kappa shape index (κ1) is 31.5. The maximum Gasteiger partial charge on any atom is 0.303 e. The Balaban J connectivity index is 1.36. The summed E-state index contributed by atoms with van der Waals surface area (Å²) in [6.07, 6.45) is 5.71. The molecular formula is C40H37NO7. The topological polar surface area (TPSA) is 129 Å². The number of fused-ring (bicyclic) bond motifs is 4. The second-order valence-electron chi connectivity index (χ2n) is 13.4. The number of imide groups is 1. The Hall–Kier alpha value is -5.11. The van der Waals surface area contributed by atoms with Gasteiger partial charge in [0.1, 0.15) is 5.75 Å². The lowest BCUT2D eigenvalue weighted by atomic mass is 9.44. The number of phenolic OH excluding ortho intramolecular Hbond substituents is 1. The molecule has 2 amide bonds. The van der Waals surface area contributed by atoms with E-state index in [0.29, 0.717) is 42.4 Å². The fourth-order valence-corrected chi connectivity index (χ4v) is 8.92. The molecule has 2 fully saturated rings. The van der Waals surface area contributed by atoms with Crippen LogP contribution in [0.2, 0.25) is 0 Å². The number of carbonyl (C=O) groups excluding carboxylic acids is 4. The summed E-state index contributed by atoms with van der Waals surface area (Å²) in [6, 6.07) is 25.3. The zero-order valence-corrected chi connectivity index (χ0v) is 26.5. The number of aromatic hydroxyl groups is 1. The number of aliphatic carboxylic acids is 1. The Kier molecular flexibility index (Phi) is 8.19. The first-order valence-corrected chi connectivity index (χ1v) is 16.7. The fraction of sp³-hybridized carbons (Fsp3) is 0.325. The molecule has 0 aromatic heterocycles. The molecule has 0 radical (unpaired) electrons. The molecule has 1 heterocycles. The number of phenols is 1. The highest BCUT2D eigenvalue weighted by atomic mass is 16.4. The minimum Gasteiger partial charge on any atom is -0.508 e. The highest BCUT2D eigenvalue weighted by molar-refractivity contribution is 6.31. The van der Waals surface area contributed by atoms with Crippen LogP contribution >= 0.6 is 0 Å². The summed E-state index contributed by atoms with van der Waals surface area (Å²) in [5.41, 5.74) is 2.04. The molecule has 0 spiro atoms. The molecule has 48 heavy (non-hydrogen) atoms. The molecule has 6 unspecified atom stereocenters. The number of amides is 2. The zero-order chi connectivity index (χ0) is 33.6. The van der Waals surface area contributed by atoms with Gasteiger partial charge in [-0.25, -0.2) is 0 Å². The quantitative estimate of drug-likeness (QED) is 0.170. The molecule has 1 saturated carbocycles. The number of carboxylic acids is 1. The van der Waals surface area contributed by atoms with Crippen LogP contribution in [0.25, 0.3) is 5.57 Å². The van der Waals surface area contributed by atoms with Gasteiger partial charge < -0.3 is 10.2 Å². The van der Waals surface area contributed by atoms with E-state index in [-0.39, 0.29) is 48.5 Å². The molecular weight excluding hydrogens is 606 g/mol. The summed E-state index contributed by atoms with van der Waals surface area (Å²) < 4.78 is 0. The number of unbranched alkanes of at least 4 members (excludes halogenated alkanes) is 2. The third-order valence-corrected chi connectivity index (χ3v) is 11.0. The molecule has 3 aromatic rings. The smallest absolute Gasteiger partial charge is 0.303 e. The number of carbonyl (C=O) groups is 5. The maximum atomic E-state index is 14.9. The van der Waals surface area contributed by atoms with Gasteiger partial charge >= 0.3 is 5.97 Å². The molecule has 0 bridgehead atoms. The van der Waals surface area contributed by atoms with Crippen LogP contribution in [0, 0.1) is 23.7 Å². The largest absolute Gasteiger partial charge is 0.508 e. The lowest BCUT2D eigenvalue weighted by molar-refractivity contribution is -0.141. The van der Waals surface area contributed by atoms with E-state index in [1.54, 1.807) is 24.3 Å². The Morgan fingerprint density at radius 3 is 2.19 bits per heavy atom. The predicted molar refractivity (Wildman–Crippen MR) is 178 cm³/mol. The first-order valence-electron chi connectivity index (χ1n) is 16.7. The maximum absolute atomic E-state index is 14.9. The van der Waals surface area contributed by atoms with Gasteiger partial charge in [-0.05, 0) is 66.5 Å². The van der Waals surface area contributed by atoms with Crippen molar-refractivity contribution >= 4 is 34.9 Å². The van der Waals surface area contributed by atoms with E-state index in [2.05, 4.69) is 0 Å². The number of allylic oxidation sites excluding steroid dienone is 4. The monoisotopic (exact) mass is 643 g/mol. The van der Waals surface area contributed by atoms with Crippen molar-refractivity contribution in [3.8, 4) is 5.75 Å². The van der Waals surface area contributed by atoms with E-state index in [1.807, 2.05) is 66.7 Å². The molecule has 8 nitrogen and oxygen atoms in total. The van der Waals surface area contributed by atoms with Crippen LogP contribution < -0.4 is 0 Å². The van der Waals surface area contributed by atoms with E-state index < -0.39 is 41.0 Å². The summed E-state index contributed by atoms with van der Waals surface area (Å²) in [4.78, 5) is 70.0. The number of hydrogen-bond donors (Lipinski definition) is 2. The van der Waals surface area contributed by atoms with Gasteiger partial charge in [0, 0.05) is 30.4 Å². The second kappa shape index (κ2) is 12.5. The Morgan fingerprint density at radius 1 is 0.812 bits per heavy atom. The van der Waals surface area contributed by atoms with Crippen molar-refractivity contribution in [3.05, 3.63) is 119 Å². The number of ketones is 2. The number of likely N-dealkylation sites (tertiary alicyclic amines) is 1. The lowest BCUT2D eigenvalue weighted by Gasteiger charge is -2.55. The van der Waals surface area contributed by atoms with Crippen molar-refractivity contribution < 1.29 is 34.2 Å². The minimum absolute atomic E-state index is 0.0395. The third-order valence-electron chi connectivity index (χ3n) is 11.0. The second-order valence-corrected chi connectivity index (χ2v) is 13.4. The number of hydrogen-bond acceptors (Lipinski definition) is 6. The van der Waals surface area contributed by atoms with Crippen molar-refractivity contribution in [2.24, 2.45) is 23.7 Å². The molecule has 8 heteroatoms. The van der Waals surface area contributed by atoms with E-state index in [0.717, 1.165) is 11.1 Å². The normalized spacial score (nSPS) is 27.9. The summed E-state index contributed by atoms with van der Waals surface area (Å²) >= 11 is 0. The van der Waals surface area contributed by atoms with Crippen LogP contribution in [0.5, 0.6) is 5.75 Å². The molecule has 2 N–H and O–H groups in total. The van der Waals surface area contributed by atoms with Gasteiger partial charge in [-0.2, -0.15) is 0 Å². The summed E-state index contributed by atoms with van der Waals surface area (Å²) in [5.74, 6) is -4.77. The van der Waals surface area contributed by atoms with Crippen LogP contribution in [0.3, 0.4) is 0 Å². The van der Waals surface area contributed by atoms with Crippen LogP contribution in [-0.4, -0.2) is 51.0 Å². The average Bonchev–Trinajstić information content (AvgIpc) is 3.34. The van der Waals surface area contributed by atoms with E-state index in [9.17, 15) is 29.1 Å². The van der Waals surface area contributed by atoms with E-state index in [4.69, 9.17) is 5.11 Å². The lowest BCUT2D eigenvalue weighted by Crippen LogP contribution is -2.58. The molecule has 7 rings (SSSR count). The molecule has 244 valence electrons. The molecule has 1 saturated heterocycles.